The van der Waals surface area contributed by atoms with Gasteiger partial charge in [0.05, 0.1) is 12.1 Å². The van der Waals surface area contributed by atoms with Crippen molar-refractivity contribution in [1.29, 1.82) is 0 Å². The second kappa shape index (κ2) is 8.40. The first kappa shape index (κ1) is 20.0. The summed E-state index contributed by atoms with van der Waals surface area (Å²) in [5.41, 5.74) is -0.463. The molecule has 1 fully saturated rings. The molecule has 0 spiro atoms. The van der Waals surface area contributed by atoms with E-state index in [1.807, 2.05) is 30.3 Å². The number of nitrogens with zero attached hydrogens (tertiary/aromatic N) is 1. The van der Waals surface area contributed by atoms with Gasteiger partial charge in [-0.1, -0.05) is 30.3 Å². The van der Waals surface area contributed by atoms with E-state index in [1.54, 1.807) is 25.7 Å². The van der Waals surface area contributed by atoms with Crippen molar-refractivity contribution in [2.75, 3.05) is 19.7 Å². The van der Waals surface area contributed by atoms with Gasteiger partial charge in [-0.15, -0.1) is 0 Å². The molecule has 0 unspecified atom stereocenters. The minimum absolute atomic E-state index is 0.209. The van der Waals surface area contributed by atoms with Crippen LogP contribution in [0.4, 0.5) is 9.59 Å². The fourth-order valence-electron chi connectivity index (χ4n) is 2.77. The molecule has 7 nitrogen and oxygen atoms in total. The average Bonchev–Trinajstić information content (AvgIpc) is 2.59. The largest absolute Gasteiger partial charge is 0.445 e. The lowest BCUT2D eigenvalue weighted by Crippen LogP contribution is -2.59. The summed E-state index contributed by atoms with van der Waals surface area (Å²) >= 11 is 0. The molecule has 7 heteroatoms. The Labute approximate surface area is 154 Å². The Hall–Kier alpha value is -2.28. The van der Waals surface area contributed by atoms with Crippen molar-refractivity contribution in [3.63, 3.8) is 0 Å². The molecule has 144 valence electrons. The third kappa shape index (κ3) is 5.91. The maximum absolute atomic E-state index is 12.2. The Morgan fingerprint density at radius 3 is 2.35 bits per heavy atom. The summed E-state index contributed by atoms with van der Waals surface area (Å²) in [6, 6.07) is 9.47. The molecule has 0 aromatic heterocycles. The molecular formula is C19H28N2O5. The molecule has 1 aromatic carbocycles. The first-order valence-electron chi connectivity index (χ1n) is 8.81. The van der Waals surface area contributed by atoms with Crippen LogP contribution < -0.4 is 5.32 Å². The van der Waals surface area contributed by atoms with E-state index in [9.17, 15) is 14.7 Å². The van der Waals surface area contributed by atoms with Gasteiger partial charge in [0.15, 0.2) is 0 Å². The number of alkyl carbamates (subject to hydrolysis) is 1. The quantitative estimate of drug-likeness (QED) is 0.858. The third-order valence-corrected chi connectivity index (χ3v) is 4.25. The van der Waals surface area contributed by atoms with Crippen molar-refractivity contribution >= 4 is 12.2 Å². The Morgan fingerprint density at radius 2 is 1.81 bits per heavy atom. The minimum atomic E-state index is -0.779. The van der Waals surface area contributed by atoms with Crippen LogP contribution in [0.2, 0.25) is 0 Å². The van der Waals surface area contributed by atoms with Gasteiger partial charge in [0, 0.05) is 13.1 Å². The Bertz CT molecular complexity index is 604. The van der Waals surface area contributed by atoms with Crippen LogP contribution in [0.15, 0.2) is 30.3 Å². The summed E-state index contributed by atoms with van der Waals surface area (Å²) in [6.07, 6.45) is -0.0869. The number of piperidine rings is 1. The zero-order valence-electron chi connectivity index (χ0n) is 15.7. The van der Waals surface area contributed by atoms with E-state index >= 15 is 0 Å². The van der Waals surface area contributed by atoms with Crippen LogP contribution in [-0.2, 0) is 16.1 Å². The van der Waals surface area contributed by atoms with Crippen molar-refractivity contribution in [3.05, 3.63) is 35.9 Å². The second-order valence-corrected chi connectivity index (χ2v) is 7.59. The molecule has 0 saturated carbocycles. The van der Waals surface area contributed by atoms with Crippen molar-refractivity contribution in [2.45, 2.75) is 51.4 Å². The average molecular weight is 364 g/mol. The number of carbonyl (C=O) groups excluding carboxylic acids is 2. The number of hydrogen-bond donors (Lipinski definition) is 2. The monoisotopic (exact) mass is 364 g/mol. The summed E-state index contributed by atoms with van der Waals surface area (Å²) in [7, 11) is 0. The zero-order chi connectivity index (χ0) is 19.2. The number of likely N-dealkylation sites (tertiary alicyclic amines) is 1. The highest BCUT2D eigenvalue weighted by Crippen LogP contribution is 2.23. The molecule has 0 aliphatic carbocycles. The van der Waals surface area contributed by atoms with Crippen molar-refractivity contribution in [3.8, 4) is 0 Å². The van der Waals surface area contributed by atoms with Gasteiger partial charge in [-0.05, 0) is 39.2 Å². The van der Waals surface area contributed by atoms with Crippen LogP contribution in [0, 0.1) is 0 Å². The lowest BCUT2D eigenvalue weighted by Gasteiger charge is -2.40. The van der Waals surface area contributed by atoms with Crippen molar-refractivity contribution < 1.29 is 24.2 Å². The van der Waals surface area contributed by atoms with Gasteiger partial charge < -0.3 is 24.8 Å². The topological polar surface area (TPSA) is 88.1 Å². The van der Waals surface area contributed by atoms with Gasteiger partial charge in [-0.2, -0.15) is 0 Å². The van der Waals surface area contributed by atoms with E-state index in [-0.39, 0.29) is 13.2 Å². The molecule has 2 amide bonds. The minimum Gasteiger partial charge on any atom is -0.445 e. The third-order valence-electron chi connectivity index (χ3n) is 4.25. The van der Waals surface area contributed by atoms with Gasteiger partial charge in [-0.3, -0.25) is 0 Å². The molecule has 0 bridgehead atoms. The van der Waals surface area contributed by atoms with E-state index in [1.165, 1.54) is 0 Å². The van der Waals surface area contributed by atoms with Crippen LogP contribution >= 0.6 is 0 Å². The van der Waals surface area contributed by atoms with Gasteiger partial charge >= 0.3 is 12.2 Å². The first-order chi connectivity index (χ1) is 12.2. The Balaban J connectivity index is 1.83. The number of amides is 2. The van der Waals surface area contributed by atoms with Gasteiger partial charge in [0.2, 0.25) is 0 Å². The zero-order valence-corrected chi connectivity index (χ0v) is 15.7. The number of aliphatic hydroxyl groups excluding tert-OH is 1. The fourth-order valence-corrected chi connectivity index (χ4v) is 2.77. The molecule has 1 aliphatic rings. The van der Waals surface area contributed by atoms with Crippen molar-refractivity contribution in [1.82, 2.24) is 10.2 Å². The van der Waals surface area contributed by atoms with Crippen LogP contribution in [-0.4, -0.2) is 53.0 Å². The predicted molar refractivity (Wildman–Crippen MR) is 96.6 cm³/mol. The number of benzene rings is 1. The summed E-state index contributed by atoms with van der Waals surface area (Å²) in [6.45, 7) is 6.14. The number of carbonyl (C=O) groups is 2. The van der Waals surface area contributed by atoms with Gasteiger partial charge in [0.1, 0.15) is 12.2 Å². The van der Waals surface area contributed by atoms with Crippen LogP contribution in [0.5, 0.6) is 0 Å². The van der Waals surface area contributed by atoms with Crippen LogP contribution in [0.3, 0.4) is 0 Å². The van der Waals surface area contributed by atoms with Crippen LogP contribution in [0.1, 0.15) is 39.2 Å². The maximum atomic E-state index is 12.2. The summed E-state index contributed by atoms with van der Waals surface area (Å²) < 4.78 is 10.6. The lowest BCUT2D eigenvalue weighted by atomic mass is 9.88. The van der Waals surface area contributed by atoms with Crippen molar-refractivity contribution in [2.24, 2.45) is 0 Å². The molecule has 1 heterocycles. The smallest absolute Gasteiger partial charge is 0.410 e. The summed E-state index contributed by atoms with van der Waals surface area (Å²) in [5.74, 6) is 0. The summed E-state index contributed by atoms with van der Waals surface area (Å²) in [5, 5.41) is 12.5. The highest BCUT2D eigenvalue weighted by Gasteiger charge is 2.38. The normalized spacial score (nSPS) is 16.7. The van der Waals surface area contributed by atoms with E-state index < -0.39 is 23.3 Å². The number of ether oxygens (including phenoxy) is 2. The maximum Gasteiger partial charge on any atom is 0.410 e. The van der Waals surface area contributed by atoms with E-state index in [0.29, 0.717) is 25.9 Å². The Morgan fingerprint density at radius 1 is 1.19 bits per heavy atom. The van der Waals surface area contributed by atoms with E-state index in [0.717, 1.165) is 5.56 Å². The standard InChI is InChI=1S/C19H28N2O5/c1-18(2,3)26-16(23)20-19(14-22)9-11-21(12-10-19)17(24)25-13-15-7-5-4-6-8-15/h4-8,22H,9-14H2,1-3H3,(H,20,23). The molecule has 0 radical (unpaired) electrons. The van der Waals surface area contributed by atoms with Gasteiger partial charge in [-0.25, -0.2) is 9.59 Å². The first-order valence-corrected chi connectivity index (χ1v) is 8.81. The molecule has 1 aromatic rings. The molecule has 2 N–H and O–H groups in total. The number of hydrogen-bond acceptors (Lipinski definition) is 5. The molecule has 26 heavy (non-hydrogen) atoms. The number of nitrogens with one attached hydrogen (secondary N) is 1. The van der Waals surface area contributed by atoms with E-state index in [2.05, 4.69) is 5.32 Å². The SMILES string of the molecule is CC(C)(C)OC(=O)NC1(CO)CCN(C(=O)OCc2ccccc2)CC1. The van der Waals surface area contributed by atoms with Crippen LogP contribution in [0.25, 0.3) is 0 Å². The number of aliphatic hydroxyl groups is 1. The highest BCUT2D eigenvalue weighted by molar-refractivity contribution is 5.70. The second-order valence-electron chi connectivity index (χ2n) is 7.59. The molecule has 1 saturated heterocycles. The fraction of sp³-hybridized carbons (Fsp3) is 0.579. The number of rotatable bonds is 4. The molecule has 0 atom stereocenters. The highest BCUT2D eigenvalue weighted by atomic mass is 16.6. The molecule has 2 rings (SSSR count). The van der Waals surface area contributed by atoms with Gasteiger partial charge in [0.25, 0.3) is 0 Å². The van der Waals surface area contributed by atoms with E-state index in [4.69, 9.17) is 9.47 Å². The Kier molecular flexibility index (Phi) is 6.47. The lowest BCUT2D eigenvalue weighted by molar-refractivity contribution is 0.0250. The summed E-state index contributed by atoms with van der Waals surface area (Å²) in [4.78, 5) is 25.8. The molecule has 1 aliphatic heterocycles. The predicted octanol–water partition coefficient (Wildman–Crippen LogP) is 2.67. The molecular weight excluding hydrogens is 336 g/mol.